The van der Waals surface area contributed by atoms with Crippen molar-refractivity contribution in [2.75, 3.05) is 0 Å². The van der Waals surface area contributed by atoms with Gasteiger partial charge in [-0.3, -0.25) is 0 Å². The molecule has 2 unspecified atom stereocenters. The predicted octanol–water partition coefficient (Wildman–Crippen LogP) is -0.0774. The highest BCUT2D eigenvalue weighted by Crippen LogP contribution is 2.18. The van der Waals surface area contributed by atoms with E-state index in [0.29, 0.717) is 10.8 Å². The minimum Gasteiger partial charge on any atom is -0.315 e. The van der Waals surface area contributed by atoms with E-state index in [9.17, 15) is 8.42 Å². The summed E-state index contributed by atoms with van der Waals surface area (Å²) in [5, 5.41) is -0.734. The van der Waals surface area contributed by atoms with Crippen LogP contribution in [0.5, 0.6) is 0 Å². The zero-order valence-electron chi connectivity index (χ0n) is 6.92. The molecular formula is C6H12N2O3S2. The third kappa shape index (κ3) is 5.83. The van der Waals surface area contributed by atoms with Gasteiger partial charge in [0.1, 0.15) is 6.23 Å². The van der Waals surface area contributed by atoms with E-state index in [0.717, 1.165) is 6.08 Å². The fourth-order valence-corrected chi connectivity index (χ4v) is 2.58. The lowest BCUT2D eigenvalue weighted by Crippen LogP contribution is -2.25. The lowest BCUT2D eigenvalue weighted by molar-refractivity contribution is 0.273. The Morgan fingerprint density at radius 3 is 2.23 bits per heavy atom. The normalized spacial score (nSPS) is 16.2. The standard InChI is InChI=1S/C6H12N2O3S2/c1-3-5(7)11-13(9,10)12-6(8)4-2/h3-6H,1-2,7-8H2. The summed E-state index contributed by atoms with van der Waals surface area (Å²) in [5.74, 6) is 0. The summed E-state index contributed by atoms with van der Waals surface area (Å²) in [4.78, 5) is 0. The lowest BCUT2D eigenvalue weighted by Gasteiger charge is -2.09. The quantitative estimate of drug-likeness (QED) is 0.372. The summed E-state index contributed by atoms with van der Waals surface area (Å²) in [6, 6.07) is 0. The Hall–Kier alpha value is -0.340. The molecule has 0 bridgehead atoms. The fraction of sp³-hybridized carbons (Fsp3) is 0.333. The van der Waals surface area contributed by atoms with Gasteiger partial charge in [-0.1, -0.05) is 12.7 Å². The molecule has 0 aromatic heterocycles. The average molecular weight is 224 g/mol. The second-order valence-electron chi connectivity index (χ2n) is 2.00. The second kappa shape index (κ2) is 5.40. The van der Waals surface area contributed by atoms with Gasteiger partial charge in [-0.05, 0) is 6.08 Å². The minimum absolute atomic E-state index is 0.427. The highest BCUT2D eigenvalue weighted by Gasteiger charge is 2.18. The van der Waals surface area contributed by atoms with Gasteiger partial charge in [0.25, 0.3) is 0 Å². The van der Waals surface area contributed by atoms with Crippen LogP contribution in [0, 0.1) is 0 Å². The molecule has 0 aromatic rings. The van der Waals surface area contributed by atoms with Crippen LogP contribution in [0.4, 0.5) is 0 Å². The van der Waals surface area contributed by atoms with E-state index in [1.54, 1.807) is 0 Å². The summed E-state index contributed by atoms with van der Waals surface area (Å²) in [6.45, 7) is 6.60. The first-order valence-electron chi connectivity index (χ1n) is 3.29. The molecule has 5 nitrogen and oxygen atoms in total. The first-order chi connectivity index (χ1) is 5.91. The molecule has 76 valence electrons. The monoisotopic (exact) mass is 224 g/mol. The maximum atomic E-state index is 11.1. The minimum atomic E-state index is -3.78. The van der Waals surface area contributed by atoms with Gasteiger partial charge in [-0.2, -0.15) is 8.42 Å². The highest BCUT2D eigenvalue weighted by molar-refractivity contribution is 8.70. The van der Waals surface area contributed by atoms with Crippen LogP contribution >= 0.6 is 10.8 Å². The Balaban J connectivity index is 4.24. The van der Waals surface area contributed by atoms with Crippen molar-refractivity contribution in [2.45, 2.75) is 11.6 Å². The smallest absolute Gasteiger partial charge is 0.315 e. The molecule has 0 aliphatic carbocycles. The maximum Gasteiger partial charge on any atom is 0.325 e. The largest absolute Gasteiger partial charge is 0.325 e. The van der Waals surface area contributed by atoms with Crippen LogP contribution in [0.2, 0.25) is 0 Å². The van der Waals surface area contributed by atoms with Crippen LogP contribution in [-0.4, -0.2) is 20.0 Å². The number of hydrogen-bond donors (Lipinski definition) is 2. The second-order valence-corrected chi connectivity index (χ2v) is 5.55. The Morgan fingerprint density at radius 2 is 1.85 bits per heavy atom. The van der Waals surface area contributed by atoms with E-state index in [-0.39, 0.29) is 0 Å². The summed E-state index contributed by atoms with van der Waals surface area (Å²) in [7, 11) is -3.35. The molecule has 7 heteroatoms. The van der Waals surface area contributed by atoms with Crippen molar-refractivity contribution in [1.29, 1.82) is 0 Å². The number of nitrogens with two attached hydrogens (primary N) is 2. The summed E-state index contributed by atoms with van der Waals surface area (Å²) < 4.78 is 26.5. The highest BCUT2D eigenvalue weighted by atomic mass is 33.1. The maximum absolute atomic E-state index is 11.1. The van der Waals surface area contributed by atoms with Crippen LogP contribution in [0.25, 0.3) is 0 Å². The molecule has 13 heavy (non-hydrogen) atoms. The SMILES string of the molecule is C=CC(N)OS(=O)(=O)SC(N)C=C. The van der Waals surface area contributed by atoms with Gasteiger partial charge in [0.15, 0.2) is 0 Å². The van der Waals surface area contributed by atoms with Crippen LogP contribution in [0.1, 0.15) is 0 Å². The van der Waals surface area contributed by atoms with Crippen LogP contribution in [-0.2, 0) is 13.3 Å². The van der Waals surface area contributed by atoms with E-state index in [4.69, 9.17) is 11.5 Å². The van der Waals surface area contributed by atoms with Gasteiger partial charge in [-0.15, -0.1) is 6.58 Å². The molecular weight excluding hydrogens is 212 g/mol. The van der Waals surface area contributed by atoms with Crippen molar-refractivity contribution in [3.05, 3.63) is 25.3 Å². The van der Waals surface area contributed by atoms with Gasteiger partial charge >= 0.3 is 9.15 Å². The Morgan fingerprint density at radius 1 is 1.31 bits per heavy atom. The van der Waals surface area contributed by atoms with Gasteiger partial charge in [-0.25, -0.2) is 4.18 Å². The molecule has 0 radical (unpaired) electrons. The molecule has 0 fully saturated rings. The summed E-state index contributed by atoms with van der Waals surface area (Å²) in [6.07, 6.45) is 1.40. The van der Waals surface area contributed by atoms with Gasteiger partial charge in [0.2, 0.25) is 0 Å². The third-order valence-corrected chi connectivity index (χ3v) is 3.64. The van der Waals surface area contributed by atoms with Crippen molar-refractivity contribution in [2.24, 2.45) is 11.5 Å². The molecule has 0 saturated heterocycles. The van der Waals surface area contributed by atoms with Gasteiger partial charge in [0.05, 0.1) is 5.37 Å². The average Bonchev–Trinajstić information content (AvgIpc) is 2.02. The van der Waals surface area contributed by atoms with E-state index >= 15 is 0 Å². The Kier molecular flexibility index (Phi) is 5.26. The van der Waals surface area contributed by atoms with E-state index in [1.165, 1.54) is 6.08 Å². The summed E-state index contributed by atoms with van der Waals surface area (Å²) in [5.41, 5.74) is 10.5. The Labute approximate surface area is 81.3 Å². The first kappa shape index (κ1) is 12.7. The molecule has 0 aromatic carbocycles. The lowest BCUT2D eigenvalue weighted by atomic mass is 10.6. The van der Waals surface area contributed by atoms with Crippen molar-refractivity contribution in [3.8, 4) is 0 Å². The van der Waals surface area contributed by atoms with Crippen molar-refractivity contribution in [1.82, 2.24) is 0 Å². The van der Waals surface area contributed by atoms with Crippen LogP contribution in [0.3, 0.4) is 0 Å². The zero-order valence-corrected chi connectivity index (χ0v) is 8.55. The topological polar surface area (TPSA) is 95.4 Å². The molecule has 4 N–H and O–H groups in total. The summed E-state index contributed by atoms with van der Waals surface area (Å²) >= 11 is 0. The number of hydrogen-bond acceptors (Lipinski definition) is 6. The molecule has 0 heterocycles. The van der Waals surface area contributed by atoms with E-state index < -0.39 is 20.8 Å². The van der Waals surface area contributed by atoms with E-state index in [2.05, 4.69) is 17.3 Å². The fourth-order valence-electron chi connectivity index (χ4n) is 0.373. The Bertz CT molecular complexity index is 254. The molecule has 0 aliphatic rings. The molecule has 0 spiro atoms. The molecule has 0 aliphatic heterocycles. The molecule has 2 atom stereocenters. The van der Waals surface area contributed by atoms with E-state index in [1.807, 2.05) is 0 Å². The predicted molar refractivity (Wildman–Crippen MR) is 53.9 cm³/mol. The first-order valence-corrected chi connectivity index (χ1v) is 6.09. The molecule has 0 saturated carbocycles. The number of rotatable bonds is 6. The van der Waals surface area contributed by atoms with Gasteiger partial charge in [0, 0.05) is 10.8 Å². The molecule has 0 amide bonds. The van der Waals surface area contributed by atoms with Crippen molar-refractivity contribution in [3.63, 3.8) is 0 Å². The van der Waals surface area contributed by atoms with Crippen LogP contribution < -0.4 is 11.5 Å². The zero-order chi connectivity index (χ0) is 10.5. The van der Waals surface area contributed by atoms with Gasteiger partial charge < -0.3 is 11.5 Å². The van der Waals surface area contributed by atoms with Crippen molar-refractivity contribution >= 4 is 19.9 Å². The third-order valence-electron chi connectivity index (χ3n) is 0.923. The molecule has 0 rings (SSSR count). The van der Waals surface area contributed by atoms with Crippen molar-refractivity contribution < 1.29 is 12.6 Å². The van der Waals surface area contributed by atoms with Crippen LogP contribution in [0.15, 0.2) is 25.3 Å².